The minimum Gasteiger partial charge on any atom is -0.337 e. The van der Waals surface area contributed by atoms with Crippen LogP contribution in [0, 0.1) is 15.9 Å². The number of benzene rings is 2. The van der Waals surface area contributed by atoms with Crippen LogP contribution in [0.4, 0.5) is 10.1 Å². The highest BCUT2D eigenvalue weighted by Gasteiger charge is 2.11. The predicted octanol–water partition coefficient (Wildman–Crippen LogP) is 4.35. The second-order valence-electron chi connectivity index (χ2n) is 4.56. The summed E-state index contributed by atoms with van der Waals surface area (Å²) in [4.78, 5) is 17.4. The molecule has 0 radical (unpaired) electrons. The summed E-state index contributed by atoms with van der Waals surface area (Å²) in [5, 5.41) is 11.0. The minimum absolute atomic E-state index is 0.0445. The standard InChI is InChI=1S/C15H9ClFN3O2/c16-11(7-9-3-1-2-4-12(9)17)15-18-13-6-5-10(20(21)22)8-14(13)19-15/h1-8H,(H,18,19). The summed E-state index contributed by atoms with van der Waals surface area (Å²) in [5.41, 5.74) is 1.32. The van der Waals surface area contributed by atoms with E-state index in [0.29, 0.717) is 22.4 Å². The van der Waals surface area contributed by atoms with Crippen LogP contribution in [-0.2, 0) is 0 Å². The van der Waals surface area contributed by atoms with E-state index in [1.54, 1.807) is 18.2 Å². The lowest BCUT2D eigenvalue weighted by Crippen LogP contribution is -1.86. The average molecular weight is 318 g/mol. The molecule has 0 unspecified atom stereocenters. The van der Waals surface area contributed by atoms with Gasteiger partial charge in [-0.3, -0.25) is 10.1 Å². The van der Waals surface area contributed by atoms with Crippen molar-refractivity contribution in [1.29, 1.82) is 0 Å². The third kappa shape index (κ3) is 2.68. The van der Waals surface area contributed by atoms with E-state index in [9.17, 15) is 14.5 Å². The fourth-order valence-corrected chi connectivity index (χ4v) is 2.23. The van der Waals surface area contributed by atoms with Crippen LogP contribution in [0.1, 0.15) is 11.4 Å². The Hall–Kier alpha value is -2.73. The summed E-state index contributed by atoms with van der Waals surface area (Å²) in [6.07, 6.45) is 1.45. The van der Waals surface area contributed by atoms with Crippen LogP contribution in [0.15, 0.2) is 42.5 Å². The molecule has 0 amide bonds. The van der Waals surface area contributed by atoms with E-state index in [1.807, 2.05) is 0 Å². The Morgan fingerprint density at radius 2 is 2.09 bits per heavy atom. The molecule has 1 aromatic heterocycles. The lowest BCUT2D eigenvalue weighted by atomic mass is 10.2. The number of imidazole rings is 1. The lowest BCUT2D eigenvalue weighted by Gasteiger charge is -1.97. The lowest BCUT2D eigenvalue weighted by molar-refractivity contribution is -0.384. The Balaban J connectivity index is 2.03. The smallest absolute Gasteiger partial charge is 0.271 e. The summed E-state index contributed by atoms with van der Waals surface area (Å²) in [7, 11) is 0. The van der Waals surface area contributed by atoms with E-state index in [0.717, 1.165) is 0 Å². The first-order chi connectivity index (χ1) is 10.5. The number of H-pyrrole nitrogens is 1. The van der Waals surface area contributed by atoms with E-state index < -0.39 is 10.7 Å². The molecule has 0 saturated carbocycles. The summed E-state index contributed by atoms with van der Waals surface area (Å²) in [6.45, 7) is 0. The second-order valence-corrected chi connectivity index (χ2v) is 4.96. The van der Waals surface area contributed by atoms with Gasteiger partial charge in [-0.15, -0.1) is 0 Å². The molecular formula is C15H9ClFN3O2. The average Bonchev–Trinajstić information content (AvgIpc) is 2.92. The monoisotopic (exact) mass is 317 g/mol. The van der Waals surface area contributed by atoms with Crippen molar-refractivity contribution in [2.45, 2.75) is 0 Å². The summed E-state index contributed by atoms with van der Waals surface area (Å²) < 4.78 is 13.6. The molecular weight excluding hydrogens is 309 g/mol. The summed E-state index contributed by atoms with van der Waals surface area (Å²) in [6, 6.07) is 10.5. The maximum Gasteiger partial charge on any atom is 0.271 e. The van der Waals surface area contributed by atoms with E-state index in [2.05, 4.69) is 9.97 Å². The molecule has 2 aromatic carbocycles. The van der Waals surface area contributed by atoms with Gasteiger partial charge in [0.25, 0.3) is 5.69 Å². The number of nitro benzene ring substituents is 1. The van der Waals surface area contributed by atoms with Crippen LogP contribution < -0.4 is 0 Å². The number of nitrogens with one attached hydrogen (secondary N) is 1. The van der Waals surface area contributed by atoms with Crippen molar-refractivity contribution in [3.05, 3.63) is 69.8 Å². The van der Waals surface area contributed by atoms with Gasteiger partial charge in [-0.05, 0) is 18.2 Å². The van der Waals surface area contributed by atoms with Gasteiger partial charge in [0.05, 0.1) is 21.0 Å². The van der Waals surface area contributed by atoms with Crippen LogP contribution in [0.25, 0.3) is 22.1 Å². The zero-order valence-corrected chi connectivity index (χ0v) is 11.8. The Labute approximate surface area is 129 Å². The van der Waals surface area contributed by atoms with Gasteiger partial charge in [0.1, 0.15) is 11.6 Å². The molecule has 0 spiro atoms. The number of non-ortho nitro benzene ring substituents is 1. The molecule has 3 rings (SSSR count). The van der Waals surface area contributed by atoms with Crippen molar-refractivity contribution in [1.82, 2.24) is 9.97 Å². The van der Waals surface area contributed by atoms with Gasteiger partial charge in [0.2, 0.25) is 0 Å². The first kappa shape index (κ1) is 14.2. The molecule has 110 valence electrons. The number of halogens is 2. The largest absolute Gasteiger partial charge is 0.337 e. The van der Waals surface area contributed by atoms with Crippen LogP contribution >= 0.6 is 11.6 Å². The molecule has 7 heteroatoms. The maximum absolute atomic E-state index is 13.6. The number of aromatic nitrogens is 2. The van der Waals surface area contributed by atoms with Crippen LogP contribution in [-0.4, -0.2) is 14.9 Å². The highest BCUT2D eigenvalue weighted by Crippen LogP contribution is 2.25. The van der Waals surface area contributed by atoms with Gasteiger partial charge in [0.15, 0.2) is 0 Å². The second kappa shape index (κ2) is 5.57. The molecule has 0 aliphatic carbocycles. The third-order valence-electron chi connectivity index (χ3n) is 3.09. The first-order valence-electron chi connectivity index (χ1n) is 6.31. The van der Waals surface area contributed by atoms with Crippen LogP contribution in [0.3, 0.4) is 0 Å². The summed E-state index contributed by atoms with van der Waals surface area (Å²) in [5.74, 6) is -0.0761. The van der Waals surface area contributed by atoms with Gasteiger partial charge in [-0.2, -0.15) is 0 Å². The molecule has 0 saturated heterocycles. The molecule has 1 heterocycles. The van der Waals surface area contributed by atoms with Gasteiger partial charge >= 0.3 is 0 Å². The molecule has 5 nitrogen and oxygen atoms in total. The molecule has 22 heavy (non-hydrogen) atoms. The van der Waals surface area contributed by atoms with Gasteiger partial charge in [-0.25, -0.2) is 9.37 Å². The number of aromatic amines is 1. The number of hydrogen-bond acceptors (Lipinski definition) is 3. The number of nitrogens with zero attached hydrogens (tertiary/aromatic N) is 2. The minimum atomic E-state index is -0.489. The number of fused-ring (bicyclic) bond motifs is 1. The quantitative estimate of drug-likeness (QED) is 0.576. The van der Waals surface area contributed by atoms with Crippen LogP contribution in [0.2, 0.25) is 0 Å². The van der Waals surface area contributed by atoms with E-state index in [1.165, 1.54) is 30.3 Å². The van der Waals surface area contributed by atoms with Crippen molar-refractivity contribution in [2.24, 2.45) is 0 Å². The highest BCUT2D eigenvalue weighted by atomic mass is 35.5. The van der Waals surface area contributed by atoms with E-state index >= 15 is 0 Å². The summed E-state index contributed by atoms with van der Waals surface area (Å²) >= 11 is 6.15. The van der Waals surface area contributed by atoms with Gasteiger partial charge in [-0.1, -0.05) is 29.8 Å². The zero-order chi connectivity index (χ0) is 15.7. The molecule has 0 aliphatic rings. The van der Waals surface area contributed by atoms with Crippen LogP contribution in [0.5, 0.6) is 0 Å². The third-order valence-corrected chi connectivity index (χ3v) is 3.38. The number of hydrogen-bond donors (Lipinski definition) is 1. The van der Waals surface area contributed by atoms with Crippen molar-refractivity contribution in [3.8, 4) is 0 Å². The fraction of sp³-hybridized carbons (Fsp3) is 0. The number of nitro groups is 1. The zero-order valence-electron chi connectivity index (χ0n) is 11.1. The van der Waals surface area contributed by atoms with Crippen molar-refractivity contribution in [2.75, 3.05) is 0 Å². The Bertz CT molecular complexity index is 905. The van der Waals surface area contributed by atoms with Crippen molar-refractivity contribution >= 4 is 39.4 Å². The molecule has 0 bridgehead atoms. The molecule has 1 N–H and O–H groups in total. The van der Waals surface area contributed by atoms with Crippen molar-refractivity contribution < 1.29 is 9.31 Å². The maximum atomic E-state index is 13.6. The molecule has 3 aromatic rings. The number of rotatable bonds is 3. The first-order valence-corrected chi connectivity index (χ1v) is 6.68. The van der Waals surface area contributed by atoms with E-state index in [-0.39, 0.29) is 10.7 Å². The molecule has 0 aliphatic heterocycles. The topological polar surface area (TPSA) is 71.8 Å². The predicted molar refractivity (Wildman–Crippen MR) is 82.9 cm³/mol. The van der Waals surface area contributed by atoms with E-state index in [4.69, 9.17) is 11.6 Å². The highest BCUT2D eigenvalue weighted by molar-refractivity contribution is 6.50. The van der Waals surface area contributed by atoms with Crippen molar-refractivity contribution in [3.63, 3.8) is 0 Å². The Morgan fingerprint density at radius 1 is 1.32 bits per heavy atom. The SMILES string of the molecule is O=[N+]([O-])c1ccc2nc(C(Cl)=Cc3ccccc3F)[nH]c2c1. The fourth-order valence-electron chi connectivity index (χ4n) is 2.02. The Kier molecular flexibility index (Phi) is 3.60. The van der Waals surface area contributed by atoms with Gasteiger partial charge in [0, 0.05) is 17.7 Å². The molecule has 0 fully saturated rings. The Morgan fingerprint density at radius 3 is 2.82 bits per heavy atom. The normalized spacial score (nSPS) is 11.8. The molecule has 0 atom stereocenters. The van der Waals surface area contributed by atoms with Gasteiger partial charge < -0.3 is 4.98 Å².